The smallest absolute Gasteiger partial charge is 0.406 e. The van der Waals surface area contributed by atoms with Crippen LogP contribution in [0.3, 0.4) is 0 Å². The second-order valence-electron chi connectivity index (χ2n) is 5.69. The Hall–Kier alpha value is -1.72. The van der Waals surface area contributed by atoms with Crippen molar-refractivity contribution in [2.24, 2.45) is 10.7 Å². The molecule has 0 unspecified atom stereocenters. The van der Waals surface area contributed by atoms with E-state index in [0.717, 1.165) is 32.4 Å². The number of piperidine rings is 1. The maximum Gasteiger partial charge on any atom is 0.573 e. The normalized spacial score (nSPS) is 15.2. The minimum atomic E-state index is -4.71. The molecule has 0 radical (unpaired) electrons. The SMILES string of the molecule is I.NC(=NCc1ccc(OC(F)(F)F)cc1)NCC(=O)N1CCCCC1. The van der Waals surface area contributed by atoms with Crippen molar-refractivity contribution in [3.8, 4) is 5.75 Å². The van der Waals surface area contributed by atoms with Crippen LogP contribution in [0.5, 0.6) is 5.75 Å². The number of benzene rings is 1. The lowest BCUT2D eigenvalue weighted by Gasteiger charge is -2.26. The molecule has 0 saturated carbocycles. The zero-order chi connectivity index (χ0) is 18.3. The number of guanidine groups is 1. The molecule has 1 saturated heterocycles. The van der Waals surface area contributed by atoms with Crippen LogP contribution in [0.2, 0.25) is 0 Å². The Labute approximate surface area is 167 Å². The van der Waals surface area contributed by atoms with Crippen LogP contribution in [-0.4, -0.2) is 42.8 Å². The highest BCUT2D eigenvalue weighted by Gasteiger charge is 2.30. The Kier molecular flexibility index (Phi) is 8.96. The molecule has 3 N–H and O–H groups in total. The number of rotatable bonds is 5. The number of carbonyl (C=O) groups is 1. The highest BCUT2D eigenvalue weighted by atomic mass is 127. The van der Waals surface area contributed by atoms with Crippen molar-refractivity contribution >= 4 is 35.8 Å². The number of carbonyl (C=O) groups excluding carboxylic acids is 1. The second kappa shape index (κ2) is 10.4. The molecule has 0 aliphatic carbocycles. The first-order valence-electron chi connectivity index (χ1n) is 8.00. The first-order chi connectivity index (χ1) is 11.8. The molecule has 0 bridgehead atoms. The Balaban J connectivity index is 0.00000338. The molecule has 2 rings (SSSR count). The molecular weight excluding hydrogens is 464 g/mol. The van der Waals surface area contributed by atoms with Gasteiger partial charge in [0.25, 0.3) is 0 Å². The van der Waals surface area contributed by atoms with Gasteiger partial charge in [0, 0.05) is 13.1 Å². The quantitative estimate of drug-likeness (QED) is 0.381. The maximum atomic E-state index is 12.1. The van der Waals surface area contributed by atoms with Crippen LogP contribution in [0.1, 0.15) is 24.8 Å². The van der Waals surface area contributed by atoms with E-state index in [1.54, 1.807) is 4.90 Å². The first-order valence-corrected chi connectivity index (χ1v) is 8.00. The van der Waals surface area contributed by atoms with E-state index in [9.17, 15) is 18.0 Å². The van der Waals surface area contributed by atoms with Crippen LogP contribution < -0.4 is 15.8 Å². The van der Waals surface area contributed by atoms with E-state index in [4.69, 9.17) is 5.73 Å². The Morgan fingerprint density at radius 3 is 2.38 bits per heavy atom. The molecule has 1 amide bonds. The summed E-state index contributed by atoms with van der Waals surface area (Å²) < 4.78 is 40.0. The van der Waals surface area contributed by atoms with Crippen molar-refractivity contribution in [1.82, 2.24) is 10.2 Å². The van der Waals surface area contributed by atoms with Crippen molar-refractivity contribution in [2.45, 2.75) is 32.2 Å². The van der Waals surface area contributed by atoms with Crippen LogP contribution in [-0.2, 0) is 11.3 Å². The largest absolute Gasteiger partial charge is 0.573 e. The van der Waals surface area contributed by atoms with Gasteiger partial charge in [-0.2, -0.15) is 0 Å². The number of nitrogens with zero attached hydrogens (tertiary/aromatic N) is 2. The summed E-state index contributed by atoms with van der Waals surface area (Å²) in [5, 5.41) is 2.76. The van der Waals surface area contributed by atoms with Crippen molar-refractivity contribution in [3.63, 3.8) is 0 Å². The standard InChI is InChI=1S/C16H21F3N4O2.HI/c17-16(18,19)25-13-6-4-12(5-7-13)10-21-15(20)22-11-14(24)23-8-2-1-3-9-23;/h4-7H,1-3,8-11H2,(H3,20,21,22);1H. The van der Waals surface area contributed by atoms with E-state index < -0.39 is 6.36 Å². The van der Waals surface area contributed by atoms with E-state index in [0.29, 0.717) is 5.56 Å². The van der Waals surface area contributed by atoms with Crippen molar-refractivity contribution in [1.29, 1.82) is 0 Å². The summed E-state index contributed by atoms with van der Waals surface area (Å²) in [5.41, 5.74) is 6.38. The van der Waals surface area contributed by atoms with Gasteiger partial charge in [-0.05, 0) is 37.0 Å². The van der Waals surface area contributed by atoms with Gasteiger partial charge in [0.2, 0.25) is 5.91 Å². The molecule has 1 aromatic rings. The van der Waals surface area contributed by atoms with Gasteiger partial charge < -0.3 is 20.7 Å². The van der Waals surface area contributed by atoms with Crippen molar-refractivity contribution in [2.75, 3.05) is 19.6 Å². The number of halogens is 4. The van der Waals surface area contributed by atoms with Crippen LogP contribution in [0.25, 0.3) is 0 Å². The van der Waals surface area contributed by atoms with E-state index in [2.05, 4.69) is 15.0 Å². The molecule has 26 heavy (non-hydrogen) atoms. The lowest BCUT2D eigenvalue weighted by Crippen LogP contribution is -2.44. The third kappa shape index (κ3) is 8.11. The number of hydrogen-bond donors (Lipinski definition) is 2. The number of aliphatic imine (C=N–C) groups is 1. The summed E-state index contributed by atoms with van der Waals surface area (Å²) in [6.07, 6.45) is -1.53. The molecule has 0 spiro atoms. The van der Waals surface area contributed by atoms with Crippen LogP contribution in [0.15, 0.2) is 29.3 Å². The van der Waals surface area contributed by atoms with Gasteiger partial charge in [-0.25, -0.2) is 4.99 Å². The van der Waals surface area contributed by atoms with Gasteiger partial charge in [0.05, 0.1) is 13.1 Å². The Morgan fingerprint density at radius 2 is 1.81 bits per heavy atom. The summed E-state index contributed by atoms with van der Waals surface area (Å²) in [6.45, 7) is 1.80. The van der Waals surface area contributed by atoms with E-state index >= 15 is 0 Å². The average Bonchev–Trinajstić information content (AvgIpc) is 2.58. The minimum absolute atomic E-state index is 0. The van der Waals surface area contributed by atoms with Crippen LogP contribution >= 0.6 is 24.0 Å². The molecule has 10 heteroatoms. The molecule has 1 aliphatic rings. The molecular formula is C16H22F3IN4O2. The second-order valence-corrected chi connectivity index (χ2v) is 5.69. The molecule has 0 aromatic heterocycles. The summed E-state index contributed by atoms with van der Waals surface area (Å²) in [5.74, 6) is -0.203. The molecule has 1 aromatic carbocycles. The van der Waals surface area contributed by atoms with Gasteiger partial charge >= 0.3 is 6.36 Å². The number of hydrogen-bond acceptors (Lipinski definition) is 3. The van der Waals surface area contributed by atoms with Crippen molar-refractivity contribution in [3.05, 3.63) is 29.8 Å². The predicted molar refractivity (Wildman–Crippen MR) is 102 cm³/mol. The third-order valence-electron chi connectivity index (χ3n) is 3.72. The highest BCUT2D eigenvalue weighted by Crippen LogP contribution is 2.22. The van der Waals surface area contributed by atoms with Crippen LogP contribution in [0.4, 0.5) is 13.2 Å². The number of nitrogens with two attached hydrogens (primary N) is 1. The topological polar surface area (TPSA) is 80.0 Å². The van der Waals surface area contributed by atoms with Gasteiger partial charge in [0.15, 0.2) is 5.96 Å². The molecule has 6 nitrogen and oxygen atoms in total. The third-order valence-corrected chi connectivity index (χ3v) is 3.72. The summed E-state index contributed by atoms with van der Waals surface area (Å²) in [6, 6.07) is 5.36. The van der Waals surface area contributed by atoms with E-state index in [1.807, 2.05) is 0 Å². The monoisotopic (exact) mass is 486 g/mol. The van der Waals surface area contributed by atoms with Gasteiger partial charge in [0.1, 0.15) is 5.75 Å². The van der Waals surface area contributed by atoms with Gasteiger partial charge in [-0.3, -0.25) is 4.79 Å². The van der Waals surface area contributed by atoms with E-state index in [-0.39, 0.29) is 54.7 Å². The highest BCUT2D eigenvalue weighted by molar-refractivity contribution is 14.0. The number of likely N-dealkylation sites (tertiary alicyclic amines) is 1. The molecule has 0 atom stereocenters. The number of amides is 1. The maximum absolute atomic E-state index is 12.1. The molecule has 1 fully saturated rings. The van der Waals surface area contributed by atoms with Gasteiger partial charge in [-0.15, -0.1) is 37.1 Å². The fourth-order valence-corrected chi connectivity index (χ4v) is 2.45. The summed E-state index contributed by atoms with van der Waals surface area (Å²) in [7, 11) is 0. The molecule has 146 valence electrons. The fourth-order valence-electron chi connectivity index (χ4n) is 2.45. The van der Waals surface area contributed by atoms with Crippen LogP contribution in [0, 0.1) is 0 Å². The summed E-state index contributed by atoms with van der Waals surface area (Å²) in [4.78, 5) is 17.8. The number of nitrogens with one attached hydrogen (secondary N) is 1. The minimum Gasteiger partial charge on any atom is -0.406 e. The Morgan fingerprint density at radius 1 is 1.19 bits per heavy atom. The van der Waals surface area contributed by atoms with Gasteiger partial charge in [-0.1, -0.05) is 12.1 Å². The predicted octanol–water partition coefficient (Wildman–Crippen LogP) is 2.62. The first kappa shape index (κ1) is 22.3. The molecule has 1 heterocycles. The lowest BCUT2D eigenvalue weighted by molar-refractivity contribution is -0.274. The fraction of sp³-hybridized carbons (Fsp3) is 0.500. The lowest BCUT2D eigenvalue weighted by atomic mass is 10.1. The zero-order valence-corrected chi connectivity index (χ0v) is 16.4. The number of ether oxygens (including phenoxy) is 1. The Bertz CT molecular complexity index is 603. The average molecular weight is 486 g/mol. The zero-order valence-electron chi connectivity index (χ0n) is 14.1. The summed E-state index contributed by atoms with van der Waals surface area (Å²) >= 11 is 0. The van der Waals surface area contributed by atoms with E-state index in [1.165, 1.54) is 24.3 Å². The number of alkyl halides is 3. The van der Waals surface area contributed by atoms with Crippen molar-refractivity contribution < 1.29 is 22.7 Å². The molecule has 1 aliphatic heterocycles.